The molecule has 0 fully saturated rings. The predicted molar refractivity (Wildman–Crippen MR) is 58.4 cm³/mol. The Morgan fingerprint density at radius 1 is 1.20 bits per heavy atom. The Morgan fingerprint density at radius 3 is 2.87 bits per heavy atom. The van der Waals surface area contributed by atoms with E-state index in [-0.39, 0.29) is 0 Å². The number of para-hydroxylation sites is 1. The van der Waals surface area contributed by atoms with E-state index in [9.17, 15) is 0 Å². The molecule has 0 amide bonds. The van der Waals surface area contributed by atoms with E-state index in [1.165, 1.54) is 10.9 Å². The van der Waals surface area contributed by atoms with Crippen molar-refractivity contribution in [3.8, 4) is 11.3 Å². The minimum Gasteiger partial charge on any atom is -0.364 e. The van der Waals surface area contributed by atoms with Crippen molar-refractivity contribution >= 4 is 10.9 Å². The average Bonchev–Trinajstić information content (AvgIpc) is 2.87. The number of nitrogens with zero attached hydrogens (tertiary/aromatic N) is 2. The molecule has 3 rings (SSSR count). The van der Waals surface area contributed by atoms with Crippen LogP contribution in [-0.2, 0) is 7.05 Å². The maximum absolute atomic E-state index is 4.87. The van der Waals surface area contributed by atoms with Gasteiger partial charge < -0.3 is 9.09 Å². The summed E-state index contributed by atoms with van der Waals surface area (Å²) in [5, 5.41) is 5.16. The topological polar surface area (TPSA) is 31.0 Å². The summed E-state index contributed by atoms with van der Waals surface area (Å²) in [5.74, 6) is 0. The fourth-order valence-corrected chi connectivity index (χ4v) is 1.90. The number of aromatic nitrogens is 2. The standard InChI is InChI=1S/C12H10N2O/c1-14-8-10(11-6-7-15-13-11)9-4-2-3-5-12(9)14/h2-8H,1H3. The van der Waals surface area contributed by atoms with Gasteiger partial charge in [-0.3, -0.25) is 0 Å². The predicted octanol–water partition coefficient (Wildman–Crippen LogP) is 2.83. The molecule has 0 unspecified atom stereocenters. The van der Waals surface area contributed by atoms with Crippen LogP contribution in [0, 0.1) is 0 Å². The number of rotatable bonds is 1. The van der Waals surface area contributed by atoms with Crippen LogP contribution in [0.2, 0.25) is 0 Å². The second-order valence-electron chi connectivity index (χ2n) is 3.56. The molecule has 0 aliphatic heterocycles. The Balaban J connectivity index is 2.37. The quantitative estimate of drug-likeness (QED) is 0.602. The Morgan fingerprint density at radius 2 is 2.07 bits per heavy atom. The highest BCUT2D eigenvalue weighted by atomic mass is 16.5. The van der Waals surface area contributed by atoms with Gasteiger partial charge in [0.05, 0.1) is 0 Å². The van der Waals surface area contributed by atoms with Crippen LogP contribution in [0.4, 0.5) is 0 Å². The van der Waals surface area contributed by atoms with Crippen molar-refractivity contribution in [1.29, 1.82) is 0 Å². The van der Waals surface area contributed by atoms with E-state index in [0.717, 1.165) is 11.3 Å². The zero-order valence-corrected chi connectivity index (χ0v) is 8.34. The van der Waals surface area contributed by atoms with Crippen molar-refractivity contribution in [2.75, 3.05) is 0 Å². The molecule has 0 bridgehead atoms. The van der Waals surface area contributed by atoms with Gasteiger partial charge in [-0.25, -0.2) is 0 Å². The zero-order valence-electron chi connectivity index (χ0n) is 8.34. The maximum atomic E-state index is 4.87. The molecule has 0 aliphatic carbocycles. The largest absolute Gasteiger partial charge is 0.364 e. The molecule has 0 saturated heterocycles. The monoisotopic (exact) mass is 198 g/mol. The first-order valence-electron chi connectivity index (χ1n) is 4.81. The average molecular weight is 198 g/mol. The Labute approximate surface area is 86.9 Å². The summed E-state index contributed by atoms with van der Waals surface area (Å²) in [6, 6.07) is 10.1. The first-order valence-corrected chi connectivity index (χ1v) is 4.81. The van der Waals surface area contributed by atoms with Crippen LogP contribution in [0.1, 0.15) is 0 Å². The molecule has 0 saturated carbocycles. The Bertz CT molecular complexity index is 593. The molecule has 74 valence electrons. The van der Waals surface area contributed by atoms with Crippen LogP contribution in [0.25, 0.3) is 22.2 Å². The summed E-state index contributed by atoms with van der Waals surface area (Å²) < 4.78 is 6.96. The fourth-order valence-electron chi connectivity index (χ4n) is 1.90. The van der Waals surface area contributed by atoms with Crippen LogP contribution < -0.4 is 0 Å². The molecule has 0 spiro atoms. The highest BCUT2D eigenvalue weighted by Gasteiger charge is 2.09. The number of aryl methyl sites for hydroxylation is 1. The van der Waals surface area contributed by atoms with Gasteiger partial charge in [-0.1, -0.05) is 23.4 Å². The van der Waals surface area contributed by atoms with E-state index < -0.39 is 0 Å². The summed E-state index contributed by atoms with van der Waals surface area (Å²) in [6.07, 6.45) is 3.67. The molecular formula is C12H10N2O. The zero-order chi connectivity index (χ0) is 10.3. The van der Waals surface area contributed by atoms with Gasteiger partial charge in [-0.15, -0.1) is 0 Å². The highest BCUT2D eigenvalue weighted by Crippen LogP contribution is 2.28. The van der Waals surface area contributed by atoms with E-state index >= 15 is 0 Å². The van der Waals surface area contributed by atoms with Crippen LogP contribution >= 0.6 is 0 Å². The van der Waals surface area contributed by atoms with Gasteiger partial charge in [0.15, 0.2) is 0 Å². The lowest BCUT2D eigenvalue weighted by Crippen LogP contribution is -1.81. The molecule has 0 radical (unpaired) electrons. The van der Waals surface area contributed by atoms with E-state index in [1.54, 1.807) is 6.26 Å². The third-order valence-electron chi connectivity index (χ3n) is 2.61. The van der Waals surface area contributed by atoms with Crippen LogP contribution in [0.15, 0.2) is 47.3 Å². The Kier molecular flexibility index (Phi) is 1.65. The minimum absolute atomic E-state index is 0.881. The van der Waals surface area contributed by atoms with Gasteiger partial charge >= 0.3 is 0 Å². The molecule has 1 aromatic carbocycles. The summed E-state index contributed by atoms with van der Waals surface area (Å²) in [5.41, 5.74) is 3.20. The molecule has 2 aromatic heterocycles. The lowest BCUT2D eigenvalue weighted by molar-refractivity contribution is 0.422. The second kappa shape index (κ2) is 2.98. The van der Waals surface area contributed by atoms with E-state index in [2.05, 4.69) is 28.1 Å². The van der Waals surface area contributed by atoms with Crippen molar-refractivity contribution in [1.82, 2.24) is 9.72 Å². The third-order valence-corrected chi connectivity index (χ3v) is 2.61. The molecular weight excluding hydrogens is 188 g/mol. The van der Waals surface area contributed by atoms with Gasteiger partial charge in [0.25, 0.3) is 0 Å². The smallest absolute Gasteiger partial charge is 0.124 e. The summed E-state index contributed by atoms with van der Waals surface area (Å²) in [7, 11) is 2.03. The summed E-state index contributed by atoms with van der Waals surface area (Å²) >= 11 is 0. The van der Waals surface area contributed by atoms with Crippen molar-refractivity contribution in [3.63, 3.8) is 0 Å². The molecule has 0 aliphatic rings. The first kappa shape index (κ1) is 8.29. The van der Waals surface area contributed by atoms with Gasteiger partial charge in [0, 0.05) is 35.8 Å². The summed E-state index contributed by atoms with van der Waals surface area (Å²) in [4.78, 5) is 0. The van der Waals surface area contributed by atoms with Crippen molar-refractivity contribution < 1.29 is 4.52 Å². The molecule has 3 aromatic rings. The van der Waals surface area contributed by atoms with Crippen LogP contribution in [0.5, 0.6) is 0 Å². The van der Waals surface area contributed by atoms with E-state index in [4.69, 9.17) is 4.52 Å². The molecule has 3 nitrogen and oxygen atoms in total. The van der Waals surface area contributed by atoms with Crippen molar-refractivity contribution in [2.45, 2.75) is 0 Å². The summed E-state index contributed by atoms with van der Waals surface area (Å²) in [6.45, 7) is 0. The minimum atomic E-state index is 0.881. The molecule has 2 heterocycles. The maximum Gasteiger partial charge on any atom is 0.124 e. The Hall–Kier alpha value is -2.03. The first-order chi connectivity index (χ1) is 7.36. The van der Waals surface area contributed by atoms with Gasteiger partial charge in [0.1, 0.15) is 12.0 Å². The number of fused-ring (bicyclic) bond motifs is 1. The lowest BCUT2D eigenvalue weighted by Gasteiger charge is -1.93. The molecule has 15 heavy (non-hydrogen) atoms. The van der Waals surface area contributed by atoms with Gasteiger partial charge in [-0.05, 0) is 6.07 Å². The fraction of sp³-hybridized carbons (Fsp3) is 0.0833. The van der Waals surface area contributed by atoms with Crippen molar-refractivity contribution in [2.24, 2.45) is 7.05 Å². The molecule has 0 N–H and O–H groups in total. The highest BCUT2D eigenvalue weighted by molar-refractivity contribution is 5.94. The van der Waals surface area contributed by atoms with E-state index in [1.807, 2.05) is 25.2 Å². The molecule has 3 heteroatoms. The number of hydrogen-bond acceptors (Lipinski definition) is 2. The second-order valence-corrected chi connectivity index (χ2v) is 3.56. The molecule has 0 atom stereocenters. The SMILES string of the molecule is Cn1cc(-c2ccon2)c2ccccc21. The number of benzene rings is 1. The van der Waals surface area contributed by atoms with Crippen molar-refractivity contribution in [3.05, 3.63) is 42.8 Å². The normalized spacial score (nSPS) is 11.0. The van der Waals surface area contributed by atoms with E-state index in [0.29, 0.717) is 0 Å². The van der Waals surface area contributed by atoms with Crippen LogP contribution in [-0.4, -0.2) is 9.72 Å². The van der Waals surface area contributed by atoms with Gasteiger partial charge in [0.2, 0.25) is 0 Å². The number of hydrogen-bond donors (Lipinski definition) is 0. The third kappa shape index (κ3) is 1.16. The van der Waals surface area contributed by atoms with Gasteiger partial charge in [-0.2, -0.15) is 0 Å². The van der Waals surface area contributed by atoms with Crippen LogP contribution in [0.3, 0.4) is 0 Å². The lowest BCUT2D eigenvalue weighted by atomic mass is 10.1.